The van der Waals surface area contributed by atoms with Gasteiger partial charge in [0.2, 0.25) is 0 Å². The van der Waals surface area contributed by atoms with Crippen molar-refractivity contribution in [3.63, 3.8) is 0 Å². The van der Waals surface area contributed by atoms with E-state index in [-0.39, 0.29) is 12.1 Å². The second-order valence-electron chi connectivity index (χ2n) is 4.79. The summed E-state index contributed by atoms with van der Waals surface area (Å²) in [5.74, 6) is -1.02. The van der Waals surface area contributed by atoms with Crippen LogP contribution in [-0.4, -0.2) is 36.9 Å². The highest BCUT2D eigenvalue weighted by Crippen LogP contribution is 2.12. The summed E-state index contributed by atoms with van der Waals surface area (Å²) in [6, 6.07) is 6.26. The molecule has 2 N–H and O–H groups in total. The second-order valence-corrected chi connectivity index (χ2v) is 6.55. The Kier molecular flexibility index (Phi) is 4.74. The van der Waals surface area contributed by atoms with Crippen molar-refractivity contribution in [2.45, 2.75) is 25.8 Å². The van der Waals surface area contributed by atoms with Crippen molar-refractivity contribution in [3.05, 3.63) is 35.4 Å². The molecule has 1 fully saturated rings. The van der Waals surface area contributed by atoms with E-state index >= 15 is 0 Å². The monoisotopic (exact) mass is 298 g/mol. The fraction of sp³-hybridized carbons (Fsp3) is 0.462. The summed E-state index contributed by atoms with van der Waals surface area (Å²) in [7, 11) is -3.48. The molecule has 2 rings (SSSR count). The molecular formula is C13H18N2O4S. The zero-order chi connectivity index (χ0) is 14.6. The maximum absolute atomic E-state index is 12.1. The van der Waals surface area contributed by atoms with E-state index in [1.54, 1.807) is 12.1 Å². The molecule has 0 spiro atoms. The fourth-order valence-corrected chi connectivity index (χ4v) is 3.46. The van der Waals surface area contributed by atoms with E-state index in [2.05, 4.69) is 4.72 Å². The van der Waals surface area contributed by atoms with Gasteiger partial charge in [0.05, 0.1) is 5.56 Å². The summed E-state index contributed by atoms with van der Waals surface area (Å²) in [6.45, 7) is 1.19. The summed E-state index contributed by atoms with van der Waals surface area (Å²) in [5, 5.41) is 8.89. The first-order valence-corrected chi connectivity index (χ1v) is 8.00. The number of nitrogens with zero attached hydrogens (tertiary/aromatic N) is 1. The van der Waals surface area contributed by atoms with E-state index in [0.717, 1.165) is 19.3 Å². The Bertz CT molecular complexity index is 580. The standard InChI is InChI=1S/C13H18N2O4S/c16-13(17)12-6-4-5-11(9-12)10-14-20(18,19)15-7-2-1-3-8-15/h4-6,9,14H,1-3,7-8,10H2,(H,16,17). The Hall–Kier alpha value is -1.44. The number of benzene rings is 1. The number of hydrogen-bond donors (Lipinski definition) is 2. The van der Waals surface area contributed by atoms with Crippen molar-refractivity contribution in [1.29, 1.82) is 0 Å². The number of carbonyl (C=O) groups is 1. The largest absolute Gasteiger partial charge is 0.478 e. The molecule has 6 nitrogen and oxygen atoms in total. The zero-order valence-electron chi connectivity index (χ0n) is 11.1. The summed E-state index contributed by atoms with van der Waals surface area (Å²) in [5.41, 5.74) is 0.783. The molecular weight excluding hydrogens is 280 g/mol. The third-order valence-electron chi connectivity index (χ3n) is 3.29. The molecule has 0 aliphatic carbocycles. The van der Waals surface area contributed by atoms with E-state index in [1.165, 1.54) is 16.4 Å². The second kappa shape index (κ2) is 6.34. The van der Waals surface area contributed by atoms with Gasteiger partial charge >= 0.3 is 5.97 Å². The number of carboxylic acid groups (broad SMARTS) is 1. The Morgan fingerprint density at radius 2 is 1.95 bits per heavy atom. The number of nitrogens with one attached hydrogen (secondary N) is 1. The van der Waals surface area contributed by atoms with E-state index in [9.17, 15) is 13.2 Å². The molecule has 1 aliphatic heterocycles. The molecule has 0 amide bonds. The molecule has 1 aromatic carbocycles. The molecule has 20 heavy (non-hydrogen) atoms. The number of aromatic carboxylic acids is 1. The average molecular weight is 298 g/mol. The summed E-state index contributed by atoms with van der Waals surface area (Å²) >= 11 is 0. The van der Waals surface area contributed by atoms with Gasteiger partial charge in [-0.05, 0) is 30.5 Å². The zero-order valence-corrected chi connectivity index (χ0v) is 11.9. The molecule has 0 bridgehead atoms. The molecule has 110 valence electrons. The third kappa shape index (κ3) is 3.78. The van der Waals surface area contributed by atoms with Crippen LogP contribution in [0.3, 0.4) is 0 Å². The Morgan fingerprint density at radius 3 is 2.60 bits per heavy atom. The van der Waals surface area contributed by atoms with Gasteiger partial charge in [0.15, 0.2) is 0 Å². The predicted molar refractivity (Wildman–Crippen MR) is 74.6 cm³/mol. The van der Waals surface area contributed by atoms with E-state index in [1.807, 2.05) is 0 Å². The normalized spacial score (nSPS) is 17.0. The number of carboxylic acids is 1. The Labute approximate surface area is 118 Å². The highest BCUT2D eigenvalue weighted by molar-refractivity contribution is 7.87. The van der Waals surface area contributed by atoms with Crippen molar-refractivity contribution >= 4 is 16.2 Å². The van der Waals surface area contributed by atoms with E-state index < -0.39 is 16.2 Å². The third-order valence-corrected chi connectivity index (χ3v) is 4.84. The van der Waals surface area contributed by atoms with Gasteiger partial charge in [-0.2, -0.15) is 17.4 Å². The predicted octanol–water partition coefficient (Wildman–Crippen LogP) is 1.21. The SMILES string of the molecule is O=C(O)c1cccc(CNS(=O)(=O)N2CCCCC2)c1. The lowest BCUT2D eigenvalue weighted by atomic mass is 10.1. The molecule has 1 aliphatic rings. The first-order valence-electron chi connectivity index (χ1n) is 6.56. The van der Waals surface area contributed by atoms with Crippen LogP contribution in [0.25, 0.3) is 0 Å². The van der Waals surface area contributed by atoms with Crippen molar-refractivity contribution in [3.8, 4) is 0 Å². The van der Waals surface area contributed by atoms with Gasteiger partial charge in [0.1, 0.15) is 0 Å². The lowest BCUT2D eigenvalue weighted by molar-refractivity contribution is 0.0696. The van der Waals surface area contributed by atoms with Crippen molar-refractivity contribution < 1.29 is 18.3 Å². The molecule has 1 heterocycles. The summed E-state index contributed by atoms with van der Waals surface area (Å²) in [4.78, 5) is 10.9. The van der Waals surface area contributed by atoms with Crippen LogP contribution in [0.4, 0.5) is 0 Å². The van der Waals surface area contributed by atoms with Crippen LogP contribution in [0.2, 0.25) is 0 Å². The number of hydrogen-bond acceptors (Lipinski definition) is 3. The van der Waals surface area contributed by atoms with Crippen LogP contribution in [0.15, 0.2) is 24.3 Å². The smallest absolute Gasteiger partial charge is 0.335 e. The topological polar surface area (TPSA) is 86.7 Å². The lowest BCUT2D eigenvalue weighted by Gasteiger charge is -2.25. The van der Waals surface area contributed by atoms with Gasteiger partial charge in [-0.15, -0.1) is 0 Å². The molecule has 7 heteroatoms. The Morgan fingerprint density at radius 1 is 1.25 bits per heavy atom. The van der Waals surface area contributed by atoms with Gasteiger partial charge in [-0.25, -0.2) is 4.79 Å². The first-order chi connectivity index (χ1) is 9.49. The maximum Gasteiger partial charge on any atom is 0.335 e. The molecule has 0 aromatic heterocycles. The van der Waals surface area contributed by atoms with E-state index in [4.69, 9.17) is 5.11 Å². The molecule has 1 saturated heterocycles. The lowest BCUT2D eigenvalue weighted by Crippen LogP contribution is -2.43. The van der Waals surface area contributed by atoms with Crippen LogP contribution < -0.4 is 4.72 Å². The molecule has 1 aromatic rings. The van der Waals surface area contributed by atoms with Crippen LogP contribution in [0.5, 0.6) is 0 Å². The molecule has 0 atom stereocenters. The molecule has 0 radical (unpaired) electrons. The van der Waals surface area contributed by atoms with Gasteiger partial charge in [-0.3, -0.25) is 0 Å². The van der Waals surface area contributed by atoms with Crippen molar-refractivity contribution in [2.75, 3.05) is 13.1 Å². The molecule has 0 saturated carbocycles. The van der Waals surface area contributed by atoms with Gasteiger partial charge in [0.25, 0.3) is 10.2 Å². The van der Waals surface area contributed by atoms with Crippen LogP contribution in [0.1, 0.15) is 35.2 Å². The van der Waals surface area contributed by atoms with Crippen LogP contribution in [0, 0.1) is 0 Å². The van der Waals surface area contributed by atoms with E-state index in [0.29, 0.717) is 18.7 Å². The highest BCUT2D eigenvalue weighted by Gasteiger charge is 2.23. The minimum Gasteiger partial charge on any atom is -0.478 e. The van der Waals surface area contributed by atoms with Gasteiger partial charge in [-0.1, -0.05) is 18.6 Å². The van der Waals surface area contributed by atoms with Crippen molar-refractivity contribution in [1.82, 2.24) is 9.03 Å². The first kappa shape index (κ1) is 15.0. The van der Waals surface area contributed by atoms with Gasteiger partial charge < -0.3 is 5.11 Å². The summed E-state index contributed by atoms with van der Waals surface area (Å²) in [6.07, 6.45) is 2.83. The minimum atomic E-state index is -3.48. The quantitative estimate of drug-likeness (QED) is 0.855. The average Bonchev–Trinajstić information content (AvgIpc) is 2.46. The van der Waals surface area contributed by atoms with Crippen LogP contribution >= 0.6 is 0 Å². The maximum atomic E-state index is 12.1. The minimum absolute atomic E-state index is 0.0972. The van der Waals surface area contributed by atoms with Crippen LogP contribution in [-0.2, 0) is 16.8 Å². The Balaban J connectivity index is 2.00. The number of rotatable bonds is 5. The summed E-state index contributed by atoms with van der Waals surface area (Å²) < 4.78 is 28.1. The van der Waals surface area contributed by atoms with Gasteiger partial charge in [0, 0.05) is 19.6 Å². The fourth-order valence-electron chi connectivity index (χ4n) is 2.19. The number of piperidine rings is 1. The van der Waals surface area contributed by atoms with Crippen molar-refractivity contribution in [2.24, 2.45) is 0 Å². The highest BCUT2D eigenvalue weighted by atomic mass is 32.2. The molecule has 0 unspecified atom stereocenters.